The second kappa shape index (κ2) is 9.66. The van der Waals surface area contributed by atoms with Crippen LogP contribution in [0.15, 0.2) is 84.3 Å². The van der Waals surface area contributed by atoms with E-state index in [9.17, 15) is 9.18 Å². The van der Waals surface area contributed by atoms with E-state index in [2.05, 4.69) is 15.2 Å². The zero-order valence-corrected chi connectivity index (χ0v) is 19.2. The molecule has 0 aliphatic rings. The fourth-order valence-electron chi connectivity index (χ4n) is 3.37. The maximum atomic E-state index is 13.4. The number of pyridine rings is 1. The maximum absolute atomic E-state index is 13.4. The Morgan fingerprint density at radius 3 is 2.59 bits per heavy atom. The van der Waals surface area contributed by atoms with Gasteiger partial charge in [0.25, 0.3) is 0 Å². The molecule has 34 heavy (non-hydrogen) atoms. The van der Waals surface area contributed by atoms with Crippen molar-refractivity contribution in [3.63, 3.8) is 0 Å². The highest BCUT2D eigenvalue weighted by Crippen LogP contribution is 2.28. The second-order valence-corrected chi connectivity index (χ2v) is 8.66. The third-order valence-corrected chi connectivity index (χ3v) is 6.04. The van der Waals surface area contributed by atoms with Gasteiger partial charge in [0.05, 0.1) is 16.5 Å². The highest BCUT2D eigenvalue weighted by atomic mass is 35.5. The zero-order valence-electron chi connectivity index (χ0n) is 17.6. The molecule has 0 saturated carbocycles. The van der Waals surface area contributed by atoms with Crippen molar-refractivity contribution in [3.8, 4) is 17.1 Å². The summed E-state index contributed by atoms with van der Waals surface area (Å²) in [6.45, 7) is 0.0465. The van der Waals surface area contributed by atoms with Crippen molar-refractivity contribution in [2.45, 2.75) is 11.8 Å². The second-order valence-electron chi connectivity index (χ2n) is 7.28. The number of fused-ring (bicyclic) bond motifs is 1. The Morgan fingerprint density at radius 2 is 1.79 bits per heavy atom. The zero-order chi connectivity index (χ0) is 23.5. The van der Waals surface area contributed by atoms with E-state index < -0.39 is 5.97 Å². The Hall–Kier alpha value is -3.69. The maximum Gasteiger partial charge on any atom is 0.316 e. The number of nitrogens with zero attached hydrogens (tertiary/aromatic N) is 5. The van der Waals surface area contributed by atoms with Gasteiger partial charge in [0, 0.05) is 23.6 Å². The molecule has 0 spiro atoms. The monoisotopic (exact) mass is 493 g/mol. The van der Waals surface area contributed by atoms with Gasteiger partial charge in [-0.1, -0.05) is 41.6 Å². The minimum Gasteiger partial charge on any atom is -0.458 e. The van der Waals surface area contributed by atoms with Crippen LogP contribution in [0, 0.1) is 5.82 Å². The number of halogens is 2. The predicted octanol–water partition coefficient (Wildman–Crippen LogP) is 5.21. The van der Waals surface area contributed by atoms with Gasteiger partial charge in [-0.05, 0) is 48.5 Å². The molecule has 5 aromatic rings. The highest BCUT2D eigenvalue weighted by molar-refractivity contribution is 7.99. The van der Waals surface area contributed by atoms with Crippen LogP contribution in [0.25, 0.3) is 22.7 Å². The summed E-state index contributed by atoms with van der Waals surface area (Å²) in [6, 6.07) is 19.1. The minimum absolute atomic E-state index is 0.0353. The summed E-state index contributed by atoms with van der Waals surface area (Å²) in [7, 11) is 0. The number of thioether (sulfide) groups is 1. The summed E-state index contributed by atoms with van der Waals surface area (Å²) in [6.07, 6.45) is 3.50. The number of hydrogen-bond acceptors (Lipinski definition) is 6. The number of para-hydroxylation sites is 1. The Labute approximate surface area is 203 Å². The van der Waals surface area contributed by atoms with Gasteiger partial charge in [0.2, 0.25) is 0 Å². The molecule has 0 saturated heterocycles. The molecule has 5 rings (SSSR count). The van der Waals surface area contributed by atoms with E-state index in [1.165, 1.54) is 23.9 Å². The molecule has 3 heterocycles. The summed E-state index contributed by atoms with van der Waals surface area (Å²) in [5.41, 5.74) is 2.87. The van der Waals surface area contributed by atoms with Gasteiger partial charge in [0.15, 0.2) is 11.0 Å². The van der Waals surface area contributed by atoms with Crippen LogP contribution in [0.5, 0.6) is 0 Å². The highest BCUT2D eigenvalue weighted by Gasteiger charge is 2.18. The SMILES string of the molecule is O=C(CSc1nnc(-c2ccc(F)cc2)n1-c1ccccc1)OCc1cn2cc(Cl)ccc2n1. The molecule has 0 aliphatic carbocycles. The quantitative estimate of drug-likeness (QED) is 0.229. The summed E-state index contributed by atoms with van der Waals surface area (Å²) >= 11 is 7.20. The third-order valence-electron chi connectivity index (χ3n) is 4.92. The third kappa shape index (κ3) is 4.80. The molecule has 0 radical (unpaired) electrons. The molecular weight excluding hydrogens is 477 g/mol. The summed E-state index contributed by atoms with van der Waals surface area (Å²) < 4.78 is 22.4. The van der Waals surface area contributed by atoms with Gasteiger partial charge in [-0.3, -0.25) is 9.36 Å². The van der Waals surface area contributed by atoms with Crippen LogP contribution in [0.3, 0.4) is 0 Å². The Bertz CT molecular complexity index is 1450. The number of carbonyl (C=O) groups is 1. The van der Waals surface area contributed by atoms with E-state index in [4.69, 9.17) is 16.3 Å². The number of hydrogen-bond donors (Lipinski definition) is 0. The van der Waals surface area contributed by atoms with E-state index in [0.29, 0.717) is 32.9 Å². The van der Waals surface area contributed by atoms with Crippen LogP contribution in [0.1, 0.15) is 5.69 Å². The largest absolute Gasteiger partial charge is 0.458 e. The van der Waals surface area contributed by atoms with E-state index >= 15 is 0 Å². The molecule has 0 N–H and O–H groups in total. The van der Waals surface area contributed by atoms with Crippen molar-refractivity contribution in [1.29, 1.82) is 0 Å². The van der Waals surface area contributed by atoms with Crippen molar-refractivity contribution in [2.24, 2.45) is 0 Å². The topological polar surface area (TPSA) is 74.3 Å². The number of rotatable bonds is 7. The van der Waals surface area contributed by atoms with Crippen molar-refractivity contribution >= 4 is 35.0 Å². The fraction of sp³-hybridized carbons (Fsp3) is 0.0833. The van der Waals surface area contributed by atoms with E-state index in [1.807, 2.05) is 34.9 Å². The number of aromatic nitrogens is 5. The van der Waals surface area contributed by atoms with E-state index in [0.717, 1.165) is 5.69 Å². The molecule has 0 aliphatic heterocycles. The van der Waals surface area contributed by atoms with Gasteiger partial charge in [-0.2, -0.15) is 0 Å². The molecule has 0 bridgehead atoms. The molecule has 0 fully saturated rings. The van der Waals surface area contributed by atoms with Crippen molar-refractivity contribution in [1.82, 2.24) is 24.1 Å². The lowest BCUT2D eigenvalue weighted by molar-refractivity contribution is -0.141. The Balaban J connectivity index is 1.30. The van der Waals surface area contributed by atoms with Crippen LogP contribution >= 0.6 is 23.4 Å². The first kappa shape index (κ1) is 22.1. The first-order chi connectivity index (χ1) is 16.6. The lowest BCUT2D eigenvalue weighted by atomic mass is 10.2. The van der Waals surface area contributed by atoms with Gasteiger partial charge < -0.3 is 9.14 Å². The van der Waals surface area contributed by atoms with Gasteiger partial charge in [-0.15, -0.1) is 10.2 Å². The lowest BCUT2D eigenvalue weighted by Crippen LogP contribution is -2.08. The van der Waals surface area contributed by atoms with E-state index in [-0.39, 0.29) is 18.2 Å². The first-order valence-electron chi connectivity index (χ1n) is 10.3. The number of benzene rings is 2. The molecule has 2 aromatic carbocycles. The summed E-state index contributed by atoms with van der Waals surface area (Å²) in [5.74, 6) is -0.162. The van der Waals surface area contributed by atoms with Gasteiger partial charge in [-0.25, -0.2) is 9.37 Å². The molecule has 170 valence electrons. The lowest BCUT2D eigenvalue weighted by Gasteiger charge is -2.10. The van der Waals surface area contributed by atoms with Crippen molar-refractivity contribution in [2.75, 3.05) is 5.75 Å². The normalized spacial score (nSPS) is 11.1. The van der Waals surface area contributed by atoms with Gasteiger partial charge >= 0.3 is 5.97 Å². The molecule has 3 aromatic heterocycles. The van der Waals surface area contributed by atoms with Crippen molar-refractivity contribution < 1.29 is 13.9 Å². The average Bonchev–Trinajstić information content (AvgIpc) is 3.46. The van der Waals surface area contributed by atoms with Crippen molar-refractivity contribution in [3.05, 3.63) is 95.7 Å². The van der Waals surface area contributed by atoms with Crippen LogP contribution in [-0.2, 0) is 16.1 Å². The van der Waals surface area contributed by atoms with E-state index in [1.54, 1.807) is 41.1 Å². The molecule has 0 atom stereocenters. The number of esters is 1. The van der Waals surface area contributed by atoms with Crippen LogP contribution in [0.4, 0.5) is 4.39 Å². The van der Waals surface area contributed by atoms with Gasteiger partial charge in [0.1, 0.15) is 18.1 Å². The smallest absolute Gasteiger partial charge is 0.316 e. The number of imidazole rings is 1. The fourth-order valence-corrected chi connectivity index (χ4v) is 4.28. The van der Waals surface area contributed by atoms with Crippen LogP contribution < -0.4 is 0 Å². The van der Waals surface area contributed by atoms with Crippen LogP contribution in [-0.4, -0.2) is 35.9 Å². The molecule has 7 nitrogen and oxygen atoms in total. The Morgan fingerprint density at radius 1 is 1.00 bits per heavy atom. The van der Waals surface area contributed by atoms with Crippen LogP contribution in [0.2, 0.25) is 5.02 Å². The predicted molar refractivity (Wildman–Crippen MR) is 127 cm³/mol. The molecule has 10 heteroatoms. The summed E-state index contributed by atoms with van der Waals surface area (Å²) in [5, 5.41) is 9.66. The molecule has 0 amide bonds. The summed E-state index contributed by atoms with van der Waals surface area (Å²) in [4.78, 5) is 16.8. The molecule has 0 unspecified atom stereocenters. The average molecular weight is 494 g/mol. The first-order valence-corrected chi connectivity index (χ1v) is 11.6. The number of carbonyl (C=O) groups excluding carboxylic acids is 1. The minimum atomic E-state index is -0.411. The standard InChI is InChI=1S/C24H17ClFN5O2S/c25-17-8-11-21-27-19(13-30(21)12-17)14-33-22(32)15-34-24-29-28-23(16-6-9-18(26)10-7-16)31(24)20-4-2-1-3-5-20/h1-13H,14-15H2. The number of ether oxygens (including phenoxy) is 1. The molecular formula is C24H17ClFN5O2S. The Kier molecular flexibility index (Phi) is 6.29.